The molecule has 0 saturated carbocycles. The maximum absolute atomic E-state index is 6.16. The Bertz CT molecular complexity index is 619. The minimum Gasteiger partial charge on any atom is -0.327 e. The minimum absolute atomic E-state index is 0.241. The van der Waals surface area contributed by atoms with E-state index in [1.54, 1.807) is 0 Å². The van der Waals surface area contributed by atoms with Crippen LogP contribution >= 0.6 is 11.8 Å². The molecule has 0 radical (unpaired) electrons. The monoisotopic (exact) mass is 299 g/mol. The summed E-state index contributed by atoms with van der Waals surface area (Å²) in [5.74, 6) is 0. The van der Waals surface area contributed by atoms with Crippen LogP contribution in [0.2, 0.25) is 0 Å². The van der Waals surface area contributed by atoms with Gasteiger partial charge in [-0.1, -0.05) is 54.1 Å². The lowest BCUT2D eigenvalue weighted by atomic mass is 10.0. The molecule has 1 unspecified atom stereocenters. The zero-order valence-electron chi connectivity index (χ0n) is 13.4. The van der Waals surface area contributed by atoms with Gasteiger partial charge in [-0.2, -0.15) is 0 Å². The van der Waals surface area contributed by atoms with Crippen molar-refractivity contribution in [1.82, 2.24) is 0 Å². The molecule has 2 aromatic rings. The second kappa shape index (κ2) is 7.15. The number of benzene rings is 2. The summed E-state index contributed by atoms with van der Waals surface area (Å²) in [5, 5.41) is 0. The summed E-state index contributed by atoms with van der Waals surface area (Å²) in [7, 11) is 0. The van der Waals surface area contributed by atoms with E-state index in [1.807, 2.05) is 11.8 Å². The molecule has 112 valence electrons. The van der Waals surface area contributed by atoms with Crippen molar-refractivity contribution in [2.75, 3.05) is 0 Å². The van der Waals surface area contributed by atoms with Crippen LogP contribution in [0.1, 0.15) is 35.6 Å². The summed E-state index contributed by atoms with van der Waals surface area (Å²) in [6.45, 7) is 8.62. The topological polar surface area (TPSA) is 26.0 Å². The molecule has 0 aliphatic carbocycles. The second-order valence-electron chi connectivity index (χ2n) is 5.85. The standard InChI is InChI=1S/C19H25NS/c1-5-17(20)12-16-11-14(3)7-9-19(16)21-18-8-6-13(2)10-15(18)4/h6-11,17H,5,12,20H2,1-4H3. The minimum atomic E-state index is 0.241. The Morgan fingerprint density at radius 2 is 1.57 bits per heavy atom. The van der Waals surface area contributed by atoms with Gasteiger partial charge in [-0.15, -0.1) is 0 Å². The molecule has 1 atom stereocenters. The van der Waals surface area contributed by atoms with Crippen LogP contribution in [0, 0.1) is 20.8 Å². The van der Waals surface area contributed by atoms with Crippen LogP contribution in [0.15, 0.2) is 46.2 Å². The molecule has 0 aliphatic heterocycles. The largest absolute Gasteiger partial charge is 0.327 e. The Balaban J connectivity index is 2.30. The average Bonchev–Trinajstić information content (AvgIpc) is 2.44. The van der Waals surface area contributed by atoms with Crippen molar-refractivity contribution in [3.63, 3.8) is 0 Å². The van der Waals surface area contributed by atoms with Crippen molar-refractivity contribution in [1.29, 1.82) is 0 Å². The lowest BCUT2D eigenvalue weighted by molar-refractivity contribution is 0.641. The highest BCUT2D eigenvalue weighted by Crippen LogP contribution is 2.34. The molecule has 0 bridgehead atoms. The third-order valence-electron chi connectivity index (χ3n) is 3.77. The van der Waals surface area contributed by atoms with Gasteiger partial charge in [-0.05, 0) is 56.9 Å². The Kier molecular flexibility index (Phi) is 5.49. The third kappa shape index (κ3) is 4.36. The van der Waals surface area contributed by atoms with Gasteiger partial charge in [0.1, 0.15) is 0 Å². The fourth-order valence-electron chi connectivity index (χ4n) is 2.43. The lowest BCUT2D eigenvalue weighted by Crippen LogP contribution is -2.21. The van der Waals surface area contributed by atoms with Gasteiger partial charge in [-0.3, -0.25) is 0 Å². The quantitative estimate of drug-likeness (QED) is 0.836. The molecule has 21 heavy (non-hydrogen) atoms. The van der Waals surface area contributed by atoms with Crippen LogP contribution in [0.4, 0.5) is 0 Å². The van der Waals surface area contributed by atoms with Gasteiger partial charge in [-0.25, -0.2) is 0 Å². The highest BCUT2D eigenvalue weighted by molar-refractivity contribution is 7.99. The number of aryl methyl sites for hydroxylation is 3. The first-order chi connectivity index (χ1) is 9.99. The fourth-order valence-corrected chi connectivity index (χ4v) is 3.43. The summed E-state index contributed by atoms with van der Waals surface area (Å²) in [5.41, 5.74) is 11.5. The maximum atomic E-state index is 6.16. The van der Waals surface area contributed by atoms with E-state index in [9.17, 15) is 0 Å². The molecule has 0 fully saturated rings. The van der Waals surface area contributed by atoms with Crippen LogP contribution in [0.25, 0.3) is 0 Å². The molecular formula is C19H25NS. The predicted molar refractivity (Wildman–Crippen MR) is 93.2 cm³/mol. The summed E-state index contributed by atoms with van der Waals surface area (Å²) in [6.07, 6.45) is 1.97. The van der Waals surface area contributed by atoms with E-state index < -0.39 is 0 Å². The van der Waals surface area contributed by atoms with Gasteiger partial charge in [0.05, 0.1) is 0 Å². The van der Waals surface area contributed by atoms with E-state index >= 15 is 0 Å². The SMILES string of the molecule is CCC(N)Cc1cc(C)ccc1Sc1ccc(C)cc1C. The molecule has 0 spiro atoms. The zero-order valence-corrected chi connectivity index (χ0v) is 14.3. The molecule has 2 heteroatoms. The average molecular weight is 299 g/mol. The number of nitrogens with two attached hydrogens (primary N) is 1. The first kappa shape index (κ1) is 16.1. The van der Waals surface area contributed by atoms with Gasteiger partial charge in [0.15, 0.2) is 0 Å². The van der Waals surface area contributed by atoms with E-state index in [4.69, 9.17) is 5.73 Å². The van der Waals surface area contributed by atoms with E-state index in [1.165, 1.54) is 32.0 Å². The van der Waals surface area contributed by atoms with Crippen LogP contribution in [0.3, 0.4) is 0 Å². The van der Waals surface area contributed by atoms with Gasteiger partial charge in [0.25, 0.3) is 0 Å². The molecule has 1 nitrogen and oxygen atoms in total. The Morgan fingerprint density at radius 3 is 2.19 bits per heavy atom. The Labute approximate surface area is 133 Å². The van der Waals surface area contributed by atoms with Crippen molar-refractivity contribution >= 4 is 11.8 Å². The van der Waals surface area contributed by atoms with Crippen LogP contribution < -0.4 is 5.73 Å². The Morgan fingerprint density at radius 1 is 0.952 bits per heavy atom. The zero-order chi connectivity index (χ0) is 15.4. The Hall–Kier alpha value is -1.25. The van der Waals surface area contributed by atoms with Crippen molar-refractivity contribution in [3.8, 4) is 0 Å². The summed E-state index contributed by atoms with van der Waals surface area (Å²) >= 11 is 1.86. The smallest absolute Gasteiger partial charge is 0.0155 e. The first-order valence-electron chi connectivity index (χ1n) is 7.59. The first-order valence-corrected chi connectivity index (χ1v) is 8.41. The fraction of sp³-hybridized carbons (Fsp3) is 0.368. The van der Waals surface area contributed by atoms with E-state index in [0.717, 1.165) is 12.8 Å². The van der Waals surface area contributed by atoms with Crippen molar-refractivity contribution in [2.24, 2.45) is 5.73 Å². The van der Waals surface area contributed by atoms with Crippen LogP contribution in [0.5, 0.6) is 0 Å². The molecule has 2 N–H and O–H groups in total. The molecular weight excluding hydrogens is 274 g/mol. The number of hydrogen-bond donors (Lipinski definition) is 1. The normalized spacial score (nSPS) is 12.4. The van der Waals surface area contributed by atoms with E-state index in [2.05, 4.69) is 64.1 Å². The van der Waals surface area contributed by atoms with Crippen molar-refractivity contribution in [3.05, 3.63) is 58.7 Å². The lowest BCUT2D eigenvalue weighted by Gasteiger charge is -2.15. The van der Waals surface area contributed by atoms with E-state index in [0.29, 0.717) is 0 Å². The summed E-state index contributed by atoms with van der Waals surface area (Å²) < 4.78 is 0. The van der Waals surface area contributed by atoms with Gasteiger partial charge < -0.3 is 5.73 Å². The highest BCUT2D eigenvalue weighted by Gasteiger charge is 2.10. The van der Waals surface area contributed by atoms with Crippen molar-refractivity contribution < 1.29 is 0 Å². The molecule has 0 aromatic heterocycles. The molecule has 0 aliphatic rings. The molecule has 0 amide bonds. The predicted octanol–water partition coefficient (Wildman–Crippen LogP) is 5.04. The van der Waals surface area contributed by atoms with Crippen molar-refractivity contribution in [2.45, 2.75) is 56.4 Å². The third-order valence-corrected chi connectivity index (χ3v) is 5.07. The van der Waals surface area contributed by atoms with Gasteiger partial charge in [0, 0.05) is 15.8 Å². The van der Waals surface area contributed by atoms with Crippen LogP contribution in [-0.4, -0.2) is 6.04 Å². The highest BCUT2D eigenvalue weighted by atomic mass is 32.2. The van der Waals surface area contributed by atoms with E-state index in [-0.39, 0.29) is 6.04 Å². The number of rotatable bonds is 5. The van der Waals surface area contributed by atoms with Gasteiger partial charge >= 0.3 is 0 Å². The maximum Gasteiger partial charge on any atom is 0.0155 e. The summed E-state index contributed by atoms with van der Waals surface area (Å²) in [4.78, 5) is 2.66. The van der Waals surface area contributed by atoms with Crippen LogP contribution in [-0.2, 0) is 6.42 Å². The second-order valence-corrected chi connectivity index (χ2v) is 6.94. The molecule has 2 rings (SSSR count). The summed E-state index contributed by atoms with van der Waals surface area (Å²) in [6, 6.07) is 13.6. The van der Waals surface area contributed by atoms with Gasteiger partial charge in [0.2, 0.25) is 0 Å². The molecule has 0 heterocycles. The molecule has 0 saturated heterocycles. The number of hydrogen-bond acceptors (Lipinski definition) is 2. The molecule has 2 aromatic carbocycles.